The van der Waals surface area contributed by atoms with Gasteiger partial charge < -0.3 is 5.11 Å². The van der Waals surface area contributed by atoms with E-state index in [0.29, 0.717) is 17.1 Å². The van der Waals surface area contributed by atoms with Crippen molar-refractivity contribution in [2.45, 2.75) is 20.8 Å². The first-order chi connectivity index (χ1) is 8.00. The highest BCUT2D eigenvalue weighted by molar-refractivity contribution is 5.69. The molecule has 88 valence electrons. The van der Waals surface area contributed by atoms with Crippen LogP contribution in [0.5, 0.6) is 5.75 Å². The van der Waals surface area contributed by atoms with Crippen LogP contribution in [0.2, 0.25) is 0 Å². The first kappa shape index (κ1) is 11.4. The fourth-order valence-electron chi connectivity index (χ4n) is 1.64. The van der Waals surface area contributed by atoms with Crippen molar-refractivity contribution in [3.63, 3.8) is 0 Å². The highest BCUT2D eigenvalue weighted by atomic mass is 19.1. The Morgan fingerprint density at radius 2 is 1.82 bits per heavy atom. The Kier molecular flexibility index (Phi) is 2.75. The van der Waals surface area contributed by atoms with Gasteiger partial charge in [-0.3, -0.25) is 0 Å². The molecule has 0 unspecified atom stereocenters. The van der Waals surface area contributed by atoms with Crippen LogP contribution in [0, 0.1) is 26.6 Å². The number of phenols is 1. The van der Waals surface area contributed by atoms with Crippen molar-refractivity contribution >= 4 is 0 Å². The topological polar surface area (TPSA) is 58.9 Å². The molecule has 1 N–H and O–H groups in total. The van der Waals surface area contributed by atoms with Gasteiger partial charge >= 0.3 is 0 Å². The van der Waals surface area contributed by atoms with Crippen LogP contribution in [0.1, 0.15) is 17.1 Å². The van der Waals surface area contributed by atoms with Gasteiger partial charge in [0.15, 0.2) is 0 Å². The fourth-order valence-corrected chi connectivity index (χ4v) is 1.64. The second kappa shape index (κ2) is 4.08. The van der Waals surface area contributed by atoms with Gasteiger partial charge in [-0.25, -0.2) is 9.37 Å². The summed E-state index contributed by atoms with van der Waals surface area (Å²) in [4.78, 5) is 4.11. The van der Waals surface area contributed by atoms with Gasteiger partial charge in [-0.05, 0) is 32.4 Å². The molecule has 0 atom stereocenters. The molecule has 0 spiro atoms. The third-order valence-corrected chi connectivity index (χ3v) is 2.52. The van der Waals surface area contributed by atoms with E-state index in [4.69, 9.17) is 0 Å². The quantitative estimate of drug-likeness (QED) is 0.821. The molecule has 0 bridgehead atoms. The van der Waals surface area contributed by atoms with Gasteiger partial charge in [0, 0.05) is 0 Å². The van der Waals surface area contributed by atoms with Crippen LogP contribution in [0.25, 0.3) is 11.3 Å². The van der Waals surface area contributed by atoms with Crippen molar-refractivity contribution < 1.29 is 9.50 Å². The van der Waals surface area contributed by atoms with Crippen LogP contribution in [0.15, 0.2) is 12.1 Å². The summed E-state index contributed by atoms with van der Waals surface area (Å²) in [7, 11) is 0. The predicted molar refractivity (Wildman–Crippen MR) is 61.1 cm³/mol. The van der Waals surface area contributed by atoms with Crippen LogP contribution >= 0.6 is 0 Å². The Morgan fingerprint density at radius 3 is 2.47 bits per heavy atom. The minimum absolute atomic E-state index is 0.0579. The highest BCUT2D eigenvalue weighted by Gasteiger charge is 2.17. The minimum Gasteiger partial charge on any atom is -0.507 e. The lowest BCUT2D eigenvalue weighted by Crippen LogP contribution is -2.01. The molecular weight excluding hydrogens is 221 g/mol. The van der Waals surface area contributed by atoms with Crippen LogP contribution in [0.3, 0.4) is 0 Å². The molecule has 0 radical (unpaired) electrons. The van der Waals surface area contributed by atoms with E-state index in [1.807, 2.05) is 0 Å². The Bertz CT molecular complexity index is 584. The third kappa shape index (κ3) is 1.95. The zero-order valence-electron chi connectivity index (χ0n) is 9.82. The van der Waals surface area contributed by atoms with E-state index >= 15 is 0 Å². The molecule has 5 heteroatoms. The molecule has 1 aromatic carbocycles. The molecule has 2 aromatic rings. The maximum absolute atomic E-state index is 14.0. The molecule has 0 saturated carbocycles. The molecule has 2 rings (SSSR count). The number of aromatic hydroxyl groups is 1. The number of hydrogen-bond acceptors (Lipinski definition) is 4. The van der Waals surface area contributed by atoms with E-state index in [1.165, 1.54) is 12.1 Å². The monoisotopic (exact) mass is 233 g/mol. The van der Waals surface area contributed by atoms with Gasteiger partial charge in [-0.15, -0.1) is 10.2 Å². The van der Waals surface area contributed by atoms with Crippen molar-refractivity contribution in [2.24, 2.45) is 0 Å². The number of halogens is 1. The smallest absolute Gasteiger partial charge is 0.148 e. The van der Waals surface area contributed by atoms with E-state index in [-0.39, 0.29) is 17.0 Å². The Hall–Kier alpha value is -2.04. The average Bonchev–Trinajstić information content (AvgIpc) is 2.27. The van der Waals surface area contributed by atoms with Crippen LogP contribution < -0.4 is 0 Å². The van der Waals surface area contributed by atoms with Crippen molar-refractivity contribution in [1.82, 2.24) is 15.2 Å². The molecule has 0 aliphatic heterocycles. The number of hydrogen-bond donors (Lipinski definition) is 1. The number of rotatable bonds is 1. The van der Waals surface area contributed by atoms with Gasteiger partial charge in [0.05, 0.1) is 11.3 Å². The van der Waals surface area contributed by atoms with Gasteiger partial charge in [-0.2, -0.15) is 0 Å². The molecule has 1 aromatic heterocycles. The SMILES string of the molecule is Cc1nnc(-c2c(O)ccc(C)c2F)c(C)n1. The number of aryl methyl sites for hydroxylation is 3. The molecule has 0 aliphatic carbocycles. The van der Waals surface area contributed by atoms with Crippen molar-refractivity contribution in [1.29, 1.82) is 0 Å². The van der Waals surface area contributed by atoms with Gasteiger partial charge in [0.2, 0.25) is 0 Å². The van der Waals surface area contributed by atoms with Gasteiger partial charge in [0.25, 0.3) is 0 Å². The van der Waals surface area contributed by atoms with Crippen molar-refractivity contribution in [2.75, 3.05) is 0 Å². The van der Waals surface area contributed by atoms with E-state index in [9.17, 15) is 9.50 Å². The largest absolute Gasteiger partial charge is 0.507 e. The third-order valence-electron chi connectivity index (χ3n) is 2.52. The molecular formula is C12H12FN3O. The first-order valence-electron chi connectivity index (χ1n) is 5.17. The van der Waals surface area contributed by atoms with Crippen molar-refractivity contribution in [3.8, 4) is 17.0 Å². The molecule has 0 saturated heterocycles. The maximum Gasteiger partial charge on any atom is 0.148 e. The summed E-state index contributed by atoms with van der Waals surface area (Å²) >= 11 is 0. The average molecular weight is 233 g/mol. The number of phenolic OH excluding ortho intramolecular Hbond substituents is 1. The second-order valence-electron chi connectivity index (χ2n) is 3.88. The summed E-state index contributed by atoms with van der Waals surface area (Å²) in [6, 6.07) is 2.95. The number of nitrogens with zero attached hydrogens (tertiary/aromatic N) is 3. The molecule has 0 amide bonds. The zero-order chi connectivity index (χ0) is 12.6. The molecule has 1 heterocycles. The van der Waals surface area contributed by atoms with Crippen molar-refractivity contribution in [3.05, 3.63) is 35.0 Å². The first-order valence-corrected chi connectivity index (χ1v) is 5.17. The highest BCUT2D eigenvalue weighted by Crippen LogP contribution is 2.32. The lowest BCUT2D eigenvalue weighted by atomic mass is 10.0. The summed E-state index contributed by atoms with van der Waals surface area (Å²) in [6.07, 6.45) is 0. The summed E-state index contributed by atoms with van der Waals surface area (Å²) < 4.78 is 14.0. The second-order valence-corrected chi connectivity index (χ2v) is 3.88. The molecule has 0 fully saturated rings. The summed E-state index contributed by atoms with van der Waals surface area (Å²) in [6.45, 7) is 5.04. The Labute approximate surface area is 98.2 Å². The summed E-state index contributed by atoms with van der Waals surface area (Å²) in [5, 5.41) is 17.4. The zero-order valence-corrected chi connectivity index (χ0v) is 9.82. The lowest BCUT2D eigenvalue weighted by Gasteiger charge is -2.09. The van der Waals surface area contributed by atoms with Crippen LogP contribution in [-0.4, -0.2) is 20.3 Å². The Balaban J connectivity index is 2.72. The fraction of sp³-hybridized carbons (Fsp3) is 0.250. The molecule has 4 nitrogen and oxygen atoms in total. The van der Waals surface area contributed by atoms with Gasteiger partial charge in [-0.1, -0.05) is 6.07 Å². The van der Waals surface area contributed by atoms with E-state index in [1.54, 1.807) is 20.8 Å². The number of benzene rings is 1. The minimum atomic E-state index is -0.493. The van der Waals surface area contributed by atoms with E-state index in [2.05, 4.69) is 15.2 Å². The van der Waals surface area contributed by atoms with Crippen LogP contribution in [-0.2, 0) is 0 Å². The van der Waals surface area contributed by atoms with E-state index < -0.39 is 5.82 Å². The Morgan fingerprint density at radius 1 is 1.12 bits per heavy atom. The standard InChI is InChI=1S/C12H12FN3O/c1-6-4-5-9(17)10(11(6)13)12-7(2)14-8(3)15-16-12/h4-5,17H,1-3H3. The van der Waals surface area contributed by atoms with E-state index in [0.717, 1.165) is 0 Å². The molecule has 0 aliphatic rings. The maximum atomic E-state index is 14.0. The van der Waals surface area contributed by atoms with Crippen LogP contribution in [0.4, 0.5) is 4.39 Å². The summed E-state index contributed by atoms with van der Waals surface area (Å²) in [5.41, 5.74) is 1.31. The normalized spacial score (nSPS) is 10.6. The summed E-state index contributed by atoms with van der Waals surface area (Å²) in [5.74, 6) is -0.136. The van der Waals surface area contributed by atoms with Gasteiger partial charge in [0.1, 0.15) is 23.1 Å². The number of aromatic nitrogens is 3. The predicted octanol–water partition coefficient (Wildman–Crippen LogP) is 2.31. The molecule has 17 heavy (non-hydrogen) atoms. The lowest BCUT2D eigenvalue weighted by molar-refractivity contribution is 0.470.